The average molecular weight is 275 g/mol. The number of amides is 1. The highest BCUT2D eigenvalue weighted by molar-refractivity contribution is 6.03. The molecule has 0 aliphatic carbocycles. The van der Waals surface area contributed by atoms with Crippen LogP contribution in [0.4, 0.5) is 6.01 Å². The summed E-state index contributed by atoms with van der Waals surface area (Å²) in [6, 6.07) is 5.74. The molecule has 2 aromatic rings. The first-order valence-corrected chi connectivity index (χ1v) is 6.66. The number of benzene rings is 1. The zero-order valence-electron chi connectivity index (χ0n) is 11.3. The zero-order chi connectivity index (χ0) is 14.1. The number of ether oxygens (including phenoxy) is 1. The number of carbonyl (C=O) groups is 1. The van der Waals surface area contributed by atoms with E-state index in [9.17, 15) is 4.79 Å². The van der Waals surface area contributed by atoms with Gasteiger partial charge in [0.2, 0.25) is 0 Å². The Bertz CT molecular complexity index is 630. The van der Waals surface area contributed by atoms with Crippen molar-refractivity contribution in [2.24, 2.45) is 5.73 Å². The van der Waals surface area contributed by atoms with Crippen molar-refractivity contribution in [3.05, 3.63) is 23.8 Å². The van der Waals surface area contributed by atoms with E-state index in [1.807, 2.05) is 0 Å². The van der Waals surface area contributed by atoms with Crippen LogP contribution in [-0.4, -0.2) is 37.2 Å². The number of para-hydroxylation sites is 1. The molecule has 1 fully saturated rings. The molecular weight excluding hydrogens is 258 g/mol. The minimum atomic E-state index is -0.492. The molecule has 1 aliphatic heterocycles. The molecule has 1 amide bonds. The van der Waals surface area contributed by atoms with E-state index in [1.54, 1.807) is 25.3 Å². The molecule has 106 valence electrons. The lowest BCUT2D eigenvalue weighted by atomic mass is 10.1. The van der Waals surface area contributed by atoms with E-state index in [0.717, 1.165) is 25.9 Å². The van der Waals surface area contributed by atoms with Crippen molar-refractivity contribution in [2.45, 2.75) is 18.9 Å². The molecule has 6 heteroatoms. The van der Waals surface area contributed by atoms with E-state index in [1.165, 1.54) is 0 Å². The van der Waals surface area contributed by atoms with E-state index in [4.69, 9.17) is 14.9 Å². The molecule has 6 nitrogen and oxygen atoms in total. The second-order valence-electron chi connectivity index (χ2n) is 4.94. The molecule has 0 spiro atoms. The molecular formula is C14H17N3O3. The number of piperidine rings is 1. The van der Waals surface area contributed by atoms with Gasteiger partial charge in [-0.3, -0.25) is 4.79 Å². The third kappa shape index (κ3) is 2.22. The summed E-state index contributed by atoms with van der Waals surface area (Å²) in [6.07, 6.45) is 2.19. The number of anilines is 1. The number of hydrogen-bond donors (Lipinski definition) is 1. The van der Waals surface area contributed by atoms with Crippen LogP contribution >= 0.6 is 0 Å². The summed E-state index contributed by atoms with van der Waals surface area (Å²) in [5, 5.41) is 0. The van der Waals surface area contributed by atoms with Crippen molar-refractivity contribution in [3.8, 4) is 0 Å². The Morgan fingerprint density at radius 2 is 2.20 bits per heavy atom. The maximum absolute atomic E-state index is 11.4. The molecule has 2 heterocycles. The molecule has 1 aromatic heterocycles. The maximum atomic E-state index is 11.4. The van der Waals surface area contributed by atoms with Gasteiger partial charge in [0.25, 0.3) is 11.9 Å². The average Bonchev–Trinajstić information content (AvgIpc) is 2.90. The molecule has 1 saturated heterocycles. The predicted molar refractivity (Wildman–Crippen MR) is 74.8 cm³/mol. The molecule has 0 bridgehead atoms. The fourth-order valence-electron chi connectivity index (χ4n) is 2.55. The smallest absolute Gasteiger partial charge is 0.298 e. The molecule has 1 aliphatic rings. The Kier molecular flexibility index (Phi) is 3.31. The normalized spacial score (nSPS) is 16.8. The summed E-state index contributed by atoms with van der Waals surface area (Å²) in [6.45, 7) is 1.66. The Hall–Kier alpha value is -2.08. The van der Waals surface area contributed by atoms with Gasteiger partial charge in [-0.2, -0.15) is 4.98 Å². The van der Waals surface area contributed by atoms with Crippen molar-refractivity contribution >= 4 is 23.0 Å². The van der Waals surface area contributed by atoms with Crippen LogP contribution in [-0.2, 0) is 4.74 Å². The summed E-state index contributed by atoms with van der Waals surface area (Å²) >= 11 is 0. The molecule has 0 saturated carbocycles. The molecule has 3 rings (SSSR count). The lowest BCUT2D eigenvalue weighted by Gasteiger charge is -2.29. The molecule has 0 atom stereocenters. The Labute approximate surface area is 116 Å². The molecule has 2 N–H and O–H groups in total. The van der Waals surface area contributed by atoms with Crippen molar-refractivity contribution < 1.29 is 13.9 Å². The maximum Gasteiger partial charge on any atom is 0.298 e. The fourth-order valence-corrected chi connectivity index (χ4v) is 2.55. The lowest BCUT2D eigenvalue weighted by Crippen LogP contribution is -2.36. The van der Waals surface area contributed by atoms with Gasteiger partial charge >= 0.3 is 0 Å². The van der Waals surface area contributed by atoms with Crippen molar-refractivity contribution in [1.82, 2.24) is 4.98 Å². The first-order valence-electron chi connectivity index (χ1n) is 6.66. The number of carbonyl (C=O) groups excluding carboxylic acids is 1. The Morgan fingerprint density at radius 1 is 1.45 bits per heavy atom. The largest absolute Gasteiger partial charge is 0.423 e. The number of nitrogens with zero attached hydrogens (tertiary/aromatic N) is 2. The Morgan fingerprint density at radius 3 is 2.85 bits per heavy atom. The number of nitrogens with two attached hydrogens (primary N) is 1. The summed E-state index contributed by atoms with van der Waals surface area (Å²) in [4.78, 5) is 17.9. The van der Waals surface area contributed by atoms with Gasteiger partial charge in [0.15, 0.2) is 5.58 Å². The molecule has 1 aromatic carbocycles. The van der Waals surface area contributed by atoms with Crippen molar-refractivity contribution in [3.63, 3.8) is 0 Å². The fraction of sp³-hybridized carbons (Fsp3) is 0.429. The number of aromatic nitrogens is 1. The van der Waals surface area contributed by atoms with Gasteiger partial charge in [-0.25, -0.2) is 0 Å². The van der Waals surface area contributed by atoms with Crippen LogP contribution in [0.2, 0.25) is 0 Å². The van der Waals surface area contributed by atoms with E-state index < -0.39 is 5.91 Å². The van der Waals surface area contributed by atoms with Gasteiger partial charge in [0, 0.05) is 20.2 Å². The van der Waals surface area contributed by atoms with Gasteiger partial charge in [0.05, 0.1) is 11.7 Å². The third-order valence-corrected chi connectivity index (χ3v) is 3.72. The number of primary amides is 1. The van der Waals surface area contributed by atoms with Gasteiger partial charge in [-0.05, 0) is 25.0 Å². The first kappa shape index (κ1) is 12.9. The standard InChI is InChI=1S/C14H17N3O3/c1-19-9-5-7-17(8-6-9)14-16-12-10(13(15)18)3-2-4-11(12)20-14/h2-4,9H,5-8H2,1H3,(H2,15,18). The number of hydrogen-bond acceptors (Lipinski definition) is 5. The summed E-state index contributed by atoms with van der Waals surface area (Å²) < 4.78 is 11.1. The highest BCUT2D eigenvalue weighted by Gasteiger charge is 2.23. The van der Waals surface area contributed by atoms with Gasteiger partial charge < -0.3 is 19.8 Å². The molecule has 0 radical (unpaired) electrons. The van der Waals surface area contributed by atoms with E-state index in [0.29, 0.717) is 28.8 Å². The van der Waals surface area contributed by atoms with E-state index in [-0.39, 0.29) is 0 Å². The summed E-state index contributed by atoms with van der Waals surface area (Å²) in [7, 11) is 1.74. The SMILES string of the molecule is COC1CCN(c2nc3c(C(N)=O)cccc3o2)CC1. The second kappa shape index (κ2) is 5.13. The number of methoxy groups -OCH3 is 1. The number of fused-ring (bicyclic) bond motifs is 1. The van der Waals surface area contributed by atoms with Crippen LogP contribution in [0.5, 0.6) is 0 Å². The van der Waals surface area contributed by atoms with Gasteiger partial charge in [-0.1, -0.05) is 6.07 Å². The van der Waals surface area contributed by atoms with Crippen LogP contribution in [0.3, 0.4) is 0 Å². The highest BCUT2D eigenvalue weighted by Crippen LogP contribution is 2.26. The van der Waals surface area contributed by atoms with E-state index in [2.05, 4.69) is 9.88 Å². The van der Waals surface area contributed by atoms with Crippen LogP contribution in [0.15, 0.2) is 22.6 Å². The molecule has 20 heavy (non-hydrogen) atoms. The van der Waals surface area contributed by atoms with E-state index >= 15 is 0 Å². The van der Waals surface area contributed by atoms with Crippen molar-refractivity contribution in [1.29, 1.82) is 0 Å². The first-order chi connectivity index (χ1) is 9.69. The molecule has 0 unspecified atom stereocenters. The van der Waals surface area contributed by atoms with Gasteiger partial charge in [-0.15, -0.1) is 0 Å². The van der Waals surface area contributed by atoms with Crippen LogP contribution in [0, 0.1) is 0 Å². The topological polar surface area (TPSA) is 81.6 Å². The van der Waals surface area contributed by atoms with Gasteiger partial charge in [0.1, 0.15) is 5.52 Å². The zero-order valence-corrected chi connectivity index (χ0v) is 11.3. The summed E-state index contributed by atoms with van der Waals surface area (Å²) in [5.41, 5.74) is 6.87. The van der Waals surface area contributed by atoms with Crippen LogP contribution in [0.1, 0.15) is 23.2 Å². The third-order valence-electron chi connectivity index (χ3n) is 3.72. The minimum Gasteiger partial charge on any atom is -0.423 e. The van der Waals surface area contributed by atoms with Crippen LogP contribution < -0.4 is 10.6 Å². The van der Waals surface area contributed by atoms with Crippen LogP contribution in [0.25, 0.3) is 11.1 Å². The number of rotatable bonds is 3. The predicted octanol–water partition coefficient (Wildman–Crippen LogP) is 1.54. The quantitative estimate of drug-likeness (QED) is 0.919. The minimum absolute atomic E-state index is 0.303. The van der Waals surface area contributed by atoms with Crippen molar-refractivity contribution in [2.75, 3.05) is 25.1 Å². The Balaban J connectivity index is 1.90. The lowest BCUT2D eigenvalue weighted by molar-refractivity contribution is 0.0811. The number of oxazole rings is 1. The highest BCUT2D eigenvalue weighted by atomic mass is 16.5. The second-order valence-corrected chi connectivity index (χ2v) is 4.94. The summed E-state index contributed by atoms with van der Waals surface area (Å²) in [5.74, 6) is -0.492. The monoisotopic (exact) mass is 275 g/mol.